The molecule has 20 heavy (non-hydrogen) atoms. The maximum Gasteiger partial charge on any atom is 0.274 e. The minimum absolute atomic E-state index is 0.0623. The second-order valence-corrected chi connectivity index (χ2v) is 5.79. The second-order valence-electron chi connectivity index (χ2n) is 5.79. The molecule has 1 N–H and O–H groups in total. The molecule has 6 nitrogen and oxygen atoms in total. The van der Waals surface area contributed by atoms with Crippen LogP contribution in [0.15, 0.2) is 12.4 Å². The minimum atomic E-state index is -0.0652. The molecule has 2 fully saturated rings. The van der Waals surface area contributed by atoms with Gasteiger partial charge in [0.15, 0.2) is 0 Å². The third kappa shape index (κ3) is 2.37. The van der Waals surface area contributed by atoms with Gasteiger partial charge in [0.1, 0.15) is 5.69 Å². The summed E-state index contributed by atoms with van der Waals surface area (Å²) in [7, 11) is 0. The summed E-state index contributed by atoms with van der Waals surface area (Å²) in [6, 6.07) is 0. The van der Waals surface area contributed by atoms with E-state index >= 15 is 0 Å². The molecule has 0 bridgehead atoms. The van der Waals surface area contributed by atoms with Crippen molar-refractivity contribution < 1.29 is 9.59 Å². The zero-order chi connectivity index (χ0) is 14.2. The lowest BCUT2D eigenvalue weighted by Crippen LogP contribution is -2.44. The highest BCUT2D eigenvalue weighted by atomic mass is 16.2. The molecule has 0 aromatic carbocycles. The summed E-state index contributed by atoms with van der Waals surface area (Å²) in [5.41, 5.74) is 1.26. The van der Waals surface area contributed by atoms with Crippen molar-refractivity contribution in [2.24, 2.45) is 5.41 Å². The van der Waals surface area contributed by atoms with Gasteiger partial charge in [-0.05, 0) is 25.2 Å². The smallest absolute Gasteiger partial charge is 0.274 e. The maximum atomic E-state index is 12.3. The van der Waals surface area contributed by atoms with E-state index in [4.69, 9.17) is 0 Å². The molecule has 2 saturated heterocycles. The highest BCUT2D eigenvalue weighted by Crippen LogP contribution is 2.37. The van der Waals surface area contributed by atoms with Gasteiger partial charge in [0.25, 0.3) is 5.91 Å². The third-order valence-electron chi connectivity index (χ3n) is 4.31. The van der Waals surface area contributed by atoms with Crippen molar-refractivity contribution in [2.45, 2.75) is 26.2 Å². The van der Waals surface area contributed by atoms with Crippen LogP contribution < -0.4 is 5.32 Å². The van der Waals surface area contributed by atoms with E-state index < -0.39 is 0 Å². The molecular weight excluding hydrogens is 256 g/mol. The van der Waals surface area contributed by atoms with Crippen LogP contribution in [0.5, 0.6) is 0 Å². The molecule has 1 aromatic rings. The number of rotatable bonds is 1. The third-order valence-corrected chi connectivity index (χ3v) is 4.31. The van der Waals surface area contributed by atoms with Crippen molar-refractivity contribution >= 4 is 11.8 Å². The number of piperidine rings is 1. The van der Waals surface area contributed by atoms with E-state index in [0.717, 1.165) is 25.1 Å². The molecule has 2 amide bonds. The number of likely N-dealkylation sites (tertiary alicyclic amines) is 1. The molecule has 6 heteroatoms. The topological polar surface area (TPSA) is 75.2 Å². The number of carbonyl (C=O) groups is 2. The Hall–Kier alpha value is -1.98. The fourth-order valence-corrected chi connectivity index (χ4v) is 2.95. The van der Waals surface area contributed by atoms with Crippen molar-refractivity contribution in [3.8, 4) is 0 Å². The standard InChI is InChI=1S/C14H18N4O2/c1-10-7-16-11(8-15-10)13(20)18-4-2-14(3-5-18)6-12(19)17-9-14/h7-8H,2-6,9H2,1H3,(H,17,19). The van der Waals surface area contributed by atoms with Crippen LogP contribution in [0.25, 0.3) is 0 Å². The van der Waals surface area contributed by atoms with Gasteiger partial charge in [0.2, 0.25) is 5.91 Å². The lowest BCUT2D eigenvalue weighted by molar-refractivity contribution is -0.119. The van der Waals surface area contributed by atoms with E-state index in [1.54, 1.807) is 6.20 Å². The first-order chi connectivity index (χ1) is 9.58. The number of nitrogens with one attached hydrogen (secondary N) is 1. The first-order valence-electron chi connectivity index (χ1n) is 6.93. The van der Waals surface area contributed by atoms with Gasteiger partial charge in [-0.1, -0.05) is 0 Å². The molecule has 3 heterocycles. The largest absolute Gasteiger partial charge is 0.356 e. The van der Waals surface area contributed by atoms with Crippen LogP contribution in [0.4, 0.5) is 0 Å². The van der Waals surface area contributed by atoms with Crippen molar-refractivity contribution in [2.75, 3.05) is 19.6 Å². The van der Waals surface area contributed by atoms with Crippen LogP contribution in [0.3, 0.4) is 0 Å². The van der Waals surface area contributed by atoms with Gasteiger partial charge in [-0.2, -0.15) is 0 Å². The molecule has 0 saturated carbocycles. The van der Waals surface area contributed by atoms with E-state index in [-0.39, 0.29) is 17.2 Å². The molecule has 0 atom stereocenters. The molecule has 0 aliphatic carbocycles. The Kier molecular flexibility index (Phi) is 3.16. The highest BCUT2D eigenvalue weighted by molar-refractivity contribution is 5.92. The summed E-state index contributed by atoms with van der Waals surface area (Å²) in [5.74, 6) is 0.0683. The Balaban J connectivity index is 1.64. The van der Waals surface area contributed by atoms with Crippen molar-refractivity contribution in [3.63, 3.8) is 0 Å². The van der Waals surface area contributed by atoms with E-state index in [2.05, 4.69) is 15.3 Å². The van der Waals surface area contributed by atoms with Gasteiger partial charge in [-0.25, -0.2) is 4.98 Å². The Bertz CT molecular complexity index is 533. The Morgan fingerprint density at radius 2 is 2.05 bits per heavy atom. The summed E-state index contributed by atoms with van der Waals surface area (Å²) in [4.78, 5) is 33.8. The highest BCUT2D eigenvalue weighted by Gasteiger charge is 2.41. The number of aryl methyl sites for hydroxylation is 1. The van der Waals surface area contributed by atoms with Crippen LogP contribution in [0, 0.1) is 12.3 Å². The van der Waals surface area contributed by atoms with Gasteiger partial charge in [-0.3, -0.25) is 14.6 Å². The number of nitrogens with zero attached hydrogens (tertiary/aromatic N) is 3. The normalized spacial score (nSPS) is 21.1. The number of carbonyl (C=O) groups excluding carboxylic acids is 2. The van der Waals surface area contributed by atoms with Crippen LogP contribution >= 0.6 is 0 Å². The van der Waals surface area contributed by atoms with E-state index in [9.17, 15) is 9.59 Å². The first-order valence-corrected chi connectivity index (χ1v) is 6.93. The van der Waals surface area contributed by atoms with E-state index in [0.29, 0.717) is 25.2 Å². The van der Waals surface area contributed by atoms with Crippen LogP contribution in [-0.4, -0.2) is 46.3 Å². The SMILES string of the molecule is Cc1cnc(C(=O)N2CCC3(CC2)CNC(=O)C3)cn1. The fraction of sp³-hybridized carbons (Fsp3) is 0.571. The van der Waals surface area contributed by atoms with Crippen molar-refractivity contribution in [1.29, 1.82) is 0 Å². The molecule has 3 rings (SSSR count). The van der Waals surface area contributed by atoms with Crippen molar-refractivity contribution in [3.05, 3.63) is 23.8 Å². The number of hydrogen-bond donors (Lipinski definition) is 1. The van der Waals surface area contributed by atoms with Crippen molar-refractivity contribution in [1.82, 2.24) is 20.2 Å². The van der Waals surface area contributed by atoms with Gasteiger partial charge >= 0.3 is 0 Å². The Labute approximate surface area is 117 Å². The molecule has 0 radical (unpaired) electrons. The molecule has 0 unspecified atom stereocenters. The monoisotopic (exact) mass is 274 g/mol. The Morgan fingerprint density at radius 1 is 1.30 bits per heavy atom. The molecule has 106 valence electrons. The van der Waals surface area contributed by atoms with Crippen LogP contribution in [0.1, 0.15) is 35.4 Å². The average molecular weight is 274 g/mol. The Morgan fingerprint density at radius 3 is 2.60 bits per heavy atom. The lowest BCUT2D eigenvalue weighted by atomic mass is 9.77. The predicted molar refractivity (Wildman–Crippen MR) is 72.0 cm³/mol. The molecule has 1 aromatic heterocycles. The average Bonchev–Trinajstić information content (AvgIpc) is 2.81. The summed E-state index contributed by atoms with van der Waals surface area (Å²) >= 11 is 0. The molecule has 1 spiro atoms. The molecule has 2 aliphatic heterocycles. The van der Waals surface area contributed by atoms with Gasteiger partial charge in [-0.15, -0.1) is 0 Å². The van der Waals surface area contributed by atoms with Crippen LogP contribution in [0.2, 0.25) is 0 Å². The van der Waals surface area contributed by atoms with Gasteiger partial charge in [0, 0.05) is 32.3 Å². The molecule has 2 aliphatic rings. The zero-order valence-corrected chi connectivity index (χ0v) is 11.6. The number of amides is 2. The summed E-state index contributed by atoms with van der Waals surface area (Å²) < 4.78 is 0. The summed E-state index contributed by atoms with van der Waals surface area (Å²) in [6.45, 7) is 3.96. The first kappa shape index (κ1) is 13.0. The maximum absolute atomic E-state index is 12.3. The minimum Gasteiger partial charge on any atom is -0.356 e. The quantitative estimate of drug-likeness (QED) is 0.810. The fourth-order valence-electron chi connectivity index (χ4n) is 2.95. The lowest BCUT2D eigenvalue weighted by Gasteiger charge is -2.37. The second kappa shape index (κ2) is 4.85. The predicted octanol–water partition coefficient (Wildman–Crippen LogP) is 0.527. The summed E-state index contributed by atoms with van der Waals surface area (Å²) in [5, 5.41) is 2.90. The zero-order valence-electron chi connectivity index (χ0n) is 11.6. The number of hydrogen-bond acceptors (Lipinski definition) is 4. The number of aromatic nitrogens is 2. The summed E-state index contributed by atoms with van der Waals surface area (Å²) in [6.07, 6.45) is 5.48. The van der Waals surface area contributed by atoms with E-state index in [1.165, 1.54) is 6.20 Å². The van der Waals surface area contributed by atoms with E-state index in [1.807, 2.05) is 11.8 Å². The molecular formula is C14H18N4O2. The van der Waals surface area contributed by atoms with Gasteiger partial charge < -0.3 is 10.2 Å². The van der Waals surface area contributed by atoms with Gasteiger partial charge in [0.05, 0.1) is 11.9 Å². The van der Waals surface area contributed by atoms with Crippen LogP contribution in [-0.2, 0) is 4.79 Å².